The zero-order valence-corrected chi connectivity index (χ0v) is 13.4. The average molecular weight is 329 g/mol. The molecule has 0 unspecified atom stereocenters. The van der Waals surface area contributed by atoms with Gasteiger partial charge in [-0.05, 0) is 30.2 Å². The summed E-state index contributed by atoms with van der Waals surface area (Å²) >= 11 is 0. The zero-order valence-electron chi connectivity index (χ0n) is 13.4. The molecule has 2 N–H and O–H groups in total. The van der Waals surface area contributed by atoms with Gasteiger partial charge in [0.15, 0.2) is 5.76 Å². The minimum absolute atomic E-state index is 0.185. The molecular formula is C19H15N5O. The number of furan rings is 1. The van der Waals surface area contributed by atoms with Crippen LogP contribution in [0.5, 0.6) is 0 Å². The van der Waals surface area contributed by atoms with Crippen LogP contribution in [-0.2, 0) is 6.42 Å². The summed E-state index contributed by atoms with van der Waals surface area (Å²) < 4.78 is 5.87. The highest BCUT2D eigenvalue weighted by Crippen LogP contribution is 2.33. The first-order chi connectivity index (χ1) is 12.3. The van der Waals surface area contributed by atoms with E-state index in [9.17, 15) is 0 Å². The van der Waals surface area contributed by atoms with E-state index in [1.807, 2.05) is 42.5 Å². The van der Waals surface area contributed by atoms with Crippen molar-refractivity contribution < 1.29 is 4.42 Å². The Morgan fingerprint density at radius 2 is 1.80 bits per heavy atom. The number of nitrogens with two attached hydrogens (primary N) is 1. The Balaban J connectivity index is 1.61. The Bertz CT molecular complexity index is 1060. The first kappa shape index (κ1) is 14.0. The molecule has 6 nitrogen and oxygen atoms in total. The summed E-state index contributed by atoms with van der Waals surface area (Å²) in [5, 5.41) is 1.00. The van der Waals surface area contributed by atoms with Crippen LogP contribution in [0.2, 0.25) is 0 Å². The van der Waals surface area contributed by atoms with Crippen molar-refractivity contribution in [1.82, 2.24) is 15.0 Å². The SMILES string of the molecule is Nc1nc(-c2cc3ccccc3o2)nc(N2CCc3ccccc32)n1. The number of nitrogen functional groups attached to an aromatic ring is 1. The van der Waals surface area contributed by atoms with Crippen molar-refractivity contribution in [3.63, 3.8) is 0 Å². The third-order valence-corrected chi connectivity index (χ3v) is 4.42. The van der Waals surface area contributed by atoms with Crippen molar-refractivity contribution >= 4 is 28.6 Å². The summed E-state index contributed by atoms with van der Waals surface area (Å²) in [6.45, 7) is 0.822. The standard InChI is InChI=1S/C19H15N5O/c20-18-21-17(16-11-13-6-2-4-8-15(13)25-16)22-19(23-18)24-10-9-12-5-1-3-7-14(12)24/h1-8,11H,9-10H2,(H2,20,21,22,23). The second-order valence-electron chi connectivity index (χ2n) is 6.00. The number of para-hydroxylation sites is 2. The van der Waals surface area contributed by atoms with Crippen LogP contribution >= 0.6 is 0 Å². The highest BCUT2D eigenvalue weighted by molar-refractivity contribution is 5.81. The summed E-state index contributed by atoms with van der Waals surface area (Å²) in [4.78, 5) is 15.3. The minimum Gasteiger partial charge on any atom is -0.453 e. The van der Waals surface area contributed by atoms with Gasteiger partial charge >= 0.3 is 0 Å². The van der Waals surface area contributed by atoms with Gasteiger partial charge in [0.2, 0.25) is 17.7 Å². The van der Waals surface area contributed by atoms with Crippen LogP contribution in [-0.4, -0.2) is 21.5 Å². The number of nitrogens with zero attached hydrogens (tertiary/aromatic N) is 4. The average Bonchev–Trinajstić information content (AvgIpc) is 3.25. The molecule has 0 saturated carbocycles. The second kappa shape index (κ2) is 5.31. The fourth-order valence-corrected chi connectivity index (χ4v) is 3.25. The van der Waals surface area contributed by atoms with Crippen LogP contribution in [0.1, 0.15) is 5.56 Å². The smallest absolute Gasteiger partial charge is 0.235 e. The van der Waals surface area contributed by atoms with Gasteiger partial charge in [0.1, 0.15) is 5.58 Å². The Kier molecular flexibility index (Phi) is 2.97. The Hall–Kier alpha value is -3.41. The van der Waals surface area contributed by atoms with Crippen LogP contribution in [0, 0.1) is 0 Å². The van der Waals surface area contributed by atoms with Crippen LogP contribution in [0.25, 0.3) is 22.6 Å². The third-order valence-electron chi connectivity index (χ3n) is 4.42. The number of aromatic nitrogens is 3. The van der Waals surface area contributed by atoms with Crippen molar-refractivity contribution in [2.75, 3.05) is 17.2 Å². The molecule has 1 aliphatic rings. The molecule has 0 bridgehead atoms. The molecule has 0 fully saturated rings. The Labute approximate surface area is 144 Å². The molecule has 0 radical (unpaired) electrons. The minimum atomic E-state index is 0.185. The van der Waals surface area contributed by atoms with Crippen molar-refractivity contribution in [2.24, 2.45) is 0 Å². The van der Waals surface area contributed by atoms with Crippen LogP contribution in [0.3, 0.4) is 0 Å². The van der Waals surface area contributed by atoms with E-state index >= 15 is 0 Å². The molecule has 2 aromatic heterocycles. The lowest BCUT2D eigenvalue weighted by atomic mass is 10.2. The summed E-state index contributed by atoms with van der Waals surface area (Å²) in [7, 11) is 0. The van der Waals surface area contributed by atoms with E-state index in [0.29, 0.717) is 17.5 Å². The molecule has 2 aromatic carbocycles. The van der Waals surface area contributed by atoms with Crippen LogP contribution in [0.4, 0.5) is 17.6 Å². The molecular weight excluding hydrogens is 314 g/mol. The van der Waals surface area contributed by atoms with E-state index in [2.05, 4.69) is 32.0 Å². The summed E-state index contributed by atoms with van der Waals surface area (Å²) in [5.74, 6) is 1.77. The number of hydrogen-bond donors (Lipinski definition) is 1. The van der Waals surface area contributed by atoms with E-state index in [4.69, 9.17) is 10.2 Å². The first-order valence-corrected chi connectivity index (χ1v) is 8.14. The molecule has 6 heteroatoms. The molecule has 0 amide bonds. The van der Waals surface area contributed by atoms with Gasteiger partial charge < -0.3 is 15.1 Å². The molecule has 0 spiro atoms. The van der Waals surface area contributed by atoms with Gasteiger partial charge in [0.25, 0.3) is 0 Å². The largest absolute Gasteiger partial charge is 0.453 e. The molecule has 4 aromatic rings. The molecule has 5 rings (SSSR count). The number of rotatable bonds is 2. The topological polar surface area (TPSA) is 81.1 Å². The zero-order chi connectivity index (χ0) is 16.8. The second-order valence-corrected chi connectivity index (χ2v) is 6.00. The lowest BCUT2D eigenvalue weighted by Crippen LogP contribution is -2.18. The van der Waals surface area contributed by atoms with Gasteiger partial charge in [-0.15, -0.1) is 0 Å². The quantitative estimate of drug-likeness (QED) is 0.605. The maximum absolute atomic E-state index is 5.95. The molecule has 1 aliphatic heterocycles. The molecule has 3 heterocycles. The van der Waals surface area contributed by atoms with Gasteiger partial charge in [-0.25, -0.2) is 0 Å². The predicted octanol–water partition coefficient (Wildman–Crippen LogP) is 3.56. The van der Waals surface area contributed by atoms with Gasteiger partial charge in [-0.1, -0.05) is 36.4 Å². The monoisotopic (exact) mass is 329 g/mol. The summed E-state index contributed by atoms with van der Waals surface area (Å²) in [6.07, 6.45) is 0.960. The van der Waals surface area contributed by atoms with Crippen molar-refractivity contribution in [2.45, 2.75) is 6.42 Å². The van der Waals surface area contributed by atoms with Gasteiger partial charge in [-0.3, -0.25) is 0 Å². The summed E-state index contributed by atoms with van der Waals surface area (Å²) in [5.41, 5.74) is 9.14. The maximum Gasteiger partial charge on any atom is 0.235 e. The van der Waals surface area contributed by atoms with Gasteiger partial charge in [0.05, 0.1) is 0 Å². The fourth-order valence-electron chi connectivity index (χ4n) is 3.25. The maximum atomic E-state index is 5.95. The number of hydrogen-bond acceptors (Lipinski definition) is 6. The molecule has 25 heavy (non-hydrogen) atoms. The Morgan fingerprint density at radius 3 is 2.72 bits per heavy atom. The molecule has 0 aliphatic carbocycles. The van der Waals surface area contributed by atoms with E-state index in [1.54, 1.807) is 0 Å². The van der Waals surface area contributed by atoms with Crippen LogP contribution in [0.15, 0.2) is 59.0 Å². The van der Waals surface area contributed by atoms with Gasteiger partial charge in [0, 0.05) is 17.6 Å². The summed E-state index contributed by atoms with van der Waals surface area (Å²) in [6, 6.07) is 18.0. The molecule has 0 saturated heterocycles. The van der Waals surface area contributed by atoms with E-state index in [1.165, 1.54) is 5.56 Å². The number of fused-ring (bicyclic) bond motifs is 2. The number of benzene rings is 2. The number of anilines is 3. The van der Waals surface area contributed by atoms with Crippen LogP contribution < -0.4 is 10.6 Å². The van der Waals surface area contributed by atoms with E-state index in [0.717, 1.165) is 29.6 Å². The van der Waals surface area contributed by atoms with Crippen molar-refractivity contribution in [3.8, 4) is 11.6 Å². The van der Waals surface area contributed by atoms with Crippen molar-refractivity contribution in [1.29, 1.82) is 0 Å². The Morgan fingerprint density at radius 1 is 0.960 bits per heavy atom. The van der Waals surface area contributed by atoms with Gasteiger partial charge in [-0.2, -0.15) is 15.0 Å². The highest BCUT2D eigenvalue weighted by Gasteiger charge is 2.23. The first-order valence-electron chi connectivity index (χ1n) is 8.14. The lowest BCUT2D eigenvalue weighted by molar-refractivity contribution is 0.624. The predicted molar refractivity (Wildman–Crippen MR) is 96.6 cm³/mol. The van der Waals surface area contributed by atoms with E-state index < -0.39 is 0 Å². The molecule has 0 atom stereocenters. The highest BCUT2D eigenvalue weighted by atomic mass is 16.3. The molecule has 122 valence electrons. The normalized spacial score (nSPS) is 13.4. The lowest BCUT2D eigenvalue weighted by Gasteiger charge is -2.17. The van der Waals surface area contributed by atoms with E-state index in [-0.39, 0.29) is 5.95 Å². The third kappa shape index (κ3) is 2.30. The van der Waals surface area contributed by atoms with Crippen molar-refractivity contribution in [3.05, 3.63) is 60.2 Å². The fraction of sp³-hybridized carbons (Fsp3) is 0.105.